The molecular formula is C12H20ClN3O2. The number of rotatable bonds is 3. The van der Waals surface area contributed by atoms with Crippen LogP contribution in [-0.2, 0) is 0 Å². The normalized spacial score (nSPS) is 22.0. The highest BCUT2D eigenvalue weighted by Gasteiger charge is 2.32. The fraction of sp³-hybridized carbons (Fsp3) is 0.667. The second kappa shape index (κ2) is 6.20. The lowest BCUT2D eigenvalue weighted by molar-refractivity contribution is 0.0920. The van der Waals surface area contributed by atoms with E-state index in [2.05, 4.69) is 34.2 Å². The van der Waals surface area contributed by atoms with E-state index >= 15 is 0 Å². The molecule has 1 amide bonds. The number of halogens is 1. The van der Waals surface area contributed by atoms with E-state index in [1.807, 2.05) is 0 Å². The minimum Gasteiger partial charge on any atom is -0.364 e. The lowest BCUT2D eigenvalue weighted by Gasteiger charge is -2.39. The molecule has 6 heteroatoms. The van der Waals surface area contributed by atoms with E-state index in [-0.39, 0.29) is 23.7 Å². The maximum absolute atomic E-state index is 11.7. The number of piperidine rings is 1. The van der Waals surface area contributed by atoms with E-state index in [0.717, 1.165) is 6.54 Å². The van der Waals surface area contributed by atoms with E-state index in [9.17, 15) is 4.79 Å². The highest BCUT2D eigenvalue weighted by atomic mass is 35.5. The Morgan fingerprint density at radius 2 is 2.44 bits per heavy atom. The summed E-state index contributed by atoms with van der Waals surface area (Å²) in [5, 5.41) is 9.95. The SMILES string of the molecule is CC1(C)CCCNC1CNC(=O)c1ccon1.Cl. The number of aromatic nitrogens is 1. The van der Waals surface area contributed by atoms with E-state index in [1.165, 1.54) is 19.1 Å². The molecule has 2 N–H and O–H groups in total. The van der Waals surface area contributed by atoms with Crippen LogP contribution in [0.15, 0.2) is 16.9 Å². The molecule has 2 rings (SSSR count). The van der Waals surface area contributed by atoms with Gasteiger partial charge in [-0.3, -0.25) is 4.79 Å². The largest absolute Gasteiger partial charge is 0.364 e. The number of hydrogen-bond acceptors (Lipinski definition) is 4. The third kappa shape index (κ3) is 3.46. The first-order valence-corrected chi connectivity index (χ1v) is 6.01. The van der Waals surface area contributed by atoms with E-state index in [1.54, 1.807) is 6.07 Å². The van der Waals surface area contributed by atoms with Gasteiger partial charge in [0, 0.05) is 18.7 Å². The van der Waals surface area contributed by atoms with Gasteiger partial charge in [-0.15, -0.1) is 12.4 Å². The Labute approximate surface area is 113 Å². The average Bonchev–Trinajstić information content (AvgIpc) is 2.80. The van der Waals surface area contributed by atoms with E-state index in [4.69, 9.17) is 0 Å². The zero-order valence-corrected chi connectivity index (χ0v) is 11.5. The summed E-state index contributed by atoms with van der Waals surface area (Å²) in [7, 11) is 0. The van der Waals surface area contributed by atoms with Crippen molar-refractivity contribution in [1.29, 1.82) is 0 Å². The van der Waals surface area contributed by atoms with Crippen molar-refractivity contribution >= 4 is 18.3 Å². The van der Waals surface area contributed by atoms with E-state index in [0.29, 0.717) is 18.3 Å². The first kappa shape index (κ1) is 15.0. The molecule has 0 spiro atoms. The Kier molecular flexibility index (Phi) is 5.16. The molecule has 2 heterocycles. The zero-order valence-electron chi connectivity index (χ0n) is 10.7. The average molecular weight is 274 g/mol. The second-order valence-electron chi connectivity index (χ2n) is 5.19. The van der Waals surface area contributed by atoms with Crippen molar-refractivity contribution in [3.63, 3.8) is 0 Å². The van der Waals surface area contributed by atoms with Crippen molar-refractivity contribution in [1.82, 2.24) is 15.8 Å². The lowest BCUT2D eigenvalue weighted by Crippen LogP contribution is -2.52. The molecule has 1 aromatic rings. The molecule has 1 unspecified atom stereocenters. The van der Waals surface area contributed by atoms with Crippen LogP contribution >= 0.6 is 12.4 Å². The van der Waals surface area contributed by atoms with Crippen LogP contribution in [0.1, 0.15) is 37.2 Å². The maximum atomic E-state index is 11.7. The molecule has 0 saturated carbocycles. The molecule has 0 aliphatic carbocycles. The third-order valence-corrected chi connectivity index (χ3v) is 3.47. The number of carbonyl (C=O) groups is 1. The number of hydrogen-bond donors (Lipinski definition) is 2. The minimum absolute atomic E-state index is 0. The van der Waals surface area contributed by atoms with E-state index < -0.39 is 0 Å². The van der Waals surface area contributed by atoms with Crippen LogP contribution in [0.25, 0.3) is 0 Å². The molecule has 1 atom stereocenters. The Morgan fingerprint density at radius 3 is 3.06 bits per heavy atom. The lowest BCUT2D eigenvalue weighted by atomic mass is 9.77. The van der Waals surface area contributed by atoms with Crippen molar-refractivity contribution in [2.24, 2.45) is 5.41 Å². The highest BCUT2D eigenvalue weighted by Crippen LogP contribution is 2.29. The fourth-order valence-electron chi connectivity index (χ4n) is 2.23. The molecule has 18 heavy (non-hydrogen) atoms. The van der Waals surface area contributed by atoms with Gasteiger partial charge in [0.2, 0.25) is 0 Å². The number of carbonyl (C=O) groups excluding carboxylic acids is 1. The Morgan fingerprint density at radius 1 is 1.67 bits per heavy atom. The molecule has 1 fully saturated rings. The van der Waals surface area contributed by atoms with Gasteiger partial charge in [-0.05, 0) is 24.8 Å². The third-order valence-electron chi connectivity index (χ3n) is 3.47. The molecule has 1 aromatic heterocycles. The van der Waals surface area contributed by atoms with Crippen LogP contribution in [0.3, 0.4) is 0 Å². The number of nitrogens with zero attached hydrogens (tertiary/aromatic N) is 1. The molecule has 1 aliphatic heterocycles. The Bertz CT molecular complexity index is 379. The molecule has 0 aromatic carbocycles. The summed E-state index contributed by atoms with van der Waals surface area (Å²) in [6, 6.07) is 1.88. The number of nitrogens with one attached hydrogen (secondary N) is 2. The Hall–Kier alpha value is -1.07. The molecule has 1 aliphatic rings. The first-order chi connectivity index (χ1) is 8.09. The molecular weight excluding hydrogens is 254 g/mol. The van der Waals surface area contributed by atoms with Gasteiger partial charge in [0.25, 0.3) is 5.91 Å². The smallest absolute Gasteiger partial charge is 0.273 e. The van der Waals surface area contributed by atoms with Crippen LogP contribution in [0.4, 0.5) is 0 Å². The van der Waals surface area contributed by atoms with Gasteiger partial charge in [0.05, 0.1) is 0 Å². The van der Waals surface area contributed by atoms with Crippen molar-refractivity contribution in [2.45, 2.75) is 32.7 Å². The highest BCUT2D eigenvalue weighted by molar-refractivity contribution is 5.91. The first-order valence-electron chi connectivity index (χ1n) is 6.01. The topological polar surface area (TPSA) is 67.2 Å². The van der Waals surface area contributed by atoms with Gasteiger partial charge >= 0.3 is 0 Å². The number of amides is 1. The van der Waals surface area contributed by atoms with Crippen LogP contribution in [0, 0.1) is 5.41 Å². The van der Waals surface area contributed by atoms with Crippen LogP contribution < -0.4 is 10.6 Å². The van der Waals surface area contributed by atoms with Crippen molar-refractivity contribution < 1.29 is 9.32 Å². The van der Waals surface area contributed by atoms with Gasteiger partial charge in [0.1, 0.15) is 6.26 Å². The van der Waals surface area contributed by atoms with Crippen molar-refractivity contribution in [3.05, 3.63) is 18.0 Å². The molecule has 0 bridgehead atoms. The van der Waals surface area contributed by atoms with Crippen LogP contribution in [0.2, 0.25) is 0 Å². The predicted octanol–water partition coefficient (Wildman–Crippen LogP) is 1.60. The van der Waals surface area contributed by atoms with Crippen LogP contribution in [-0.4, -0.2) is 30.2 Å². The Balaban J connectivity index is 0.00000162. The second-order valence-corrected chi connectivity index (χ2v) is 5.19. The summed E-state index contributed by atoms with van der Waals surface area (Å²) in [5.74, 6) is -0.179. The van der Waals surface area contributed by atoms with Gasteiger partial charge in [0.15, 0.2) is 5.69 Å². The quantitative estimate of drug-likeness (QED) is 0.878. The maximum Gasteiger partial charge on any atom is 0.273 e. The zero-order chi connectivity index (χ0) is 12.3. The fourth-order valence-corrected chi connectivity index (χ4v) is 2.23. The van der Waals surface area contributed by atoms with Gasteiger partial charge in [-0.1, -0.05) is 19.0 Å². The molecule has 1 saturated heterocycles. The monoisotopic (exact) mass is 273 g/mol. The molecule has 0 radical (unpaired) electrons. The molecule has 102 valence electrons. The molecule has 5 nitrogen and oxygen atoms in total. The summed E-state index contributed by atoms with van der Waals surface area (Å²) in [6.45, 7) is 6.10. The minimum atomic E-state index is -0.179. The summed E-state index contributed by atoms with van der Waals surface area (Å²) >= 11 is 0. The summed E-state index contributed by atoms with van der Waals surface area (Å²) in [4.78, 5) is 11.7. The van der Waals surface area contributed by atoms with Crippen LogP contribution in [0.5, 0.6) is 0 Å². The van der Waals surface area contributed by atoms with Gasteiger partial charge in [-0.25, -0.2) is 0 Å². The summed E-state index contributed by atoms with van der Waals surface area (Å²) in [5.41, 5.74) is 0.550. The summed E-state index contributed by atoms with van der Waals surface area (Å²) < 4.78 is 4.64. The van der Waals surface area contributed by atoms with Crippen molar-refractivity contribution in [3.8, 4) is 0 Å². The van der Waals surface area contributed by atoms with Gasteiger partial charge < -0.3 is 15.2 Å². The predicted molar refractivity (Wildman–Crippen MR) is 70.9 cm³/mol. The summed E-state index contributed by atoms with van der Waals surface area (Å²) in [6.07, 6.45) is 3.78. The van der Waals surface area contributed by atoms with Crippen molar-refractivity contribution in [2.75, 3.05) is 13.1 Å². The van der Waals surface area contributed by atoms with Gasteiger partial charge in [-0.2, -0.15) is 0 Å². The standard InChI is InChI=1S/C12H19N3O2.ClH/c1-12(2)5-3-6-13-10(12)8-14-11(16)9-4-7-17-15-9;/h4,7,10,13H,3,5-6,8H2,1-2H3,(H,14,16);1H.